The maximum absolute atomic E-state index is 9.67. The first-order valence-corrected chi connectivity index (χ1v) is 8.77. The molecule has 0 radical (unpaired) electrons. The van der Waals surface area contributed by atoms with Gasteiger partial charge in [-0.25, -0.2) is 0 Å². The SMILES string of the molecule is C[C@@H](CCCC(C)(C)O)COC/C=C/C=C1C[C@@H](O)C[C@H](O)C1. The second-order valence-electron chi connectivity index (χ2n) is 7.55. The van der Waals surface area contributed by atoms with Crippen LogP contribution in [-0.4, -0.2) is 46.3 Å². The molecule has 0 aliphatic heterocycles. The standard InChI is InChI=1S/C19H34O4/c1-15(7-6-9-19(2,3)22)14-23-10-5-4-8-16-11-17(20)13-18(21)12-16/h4-5,8,15,17-18,20-22H,6-7,9-14H2,1-3H3/b5-4+/t15-,17+,18+/m0/s1. The molecule has 0 bridgehead atoms. The molecule has 1 rings (SSSR count). The number of hydrogen-bond acceptors (Lipinski definition) is 4. The average molecular weight is 326 g/mol. The van der Waals surface area contributed by atoms with Gasteiger partial charge in [-0.15, -0.1) is 0 Å². The van der Waals surface area contributed by atoms with Crippen LogP contribution < -0.4 is 0 Å². The molecule has 0 spiro atoms. The summed E-state index contributed by atoms with van der Waals surface area (Å²) >= 11 is 0. The normalized spacial score (nSPS) is 24.2. The molecule has 1 aliphatic rings. The van der Waals surface area contributed by atoms with Crippen LogP contribution in [0.4, 0.5) is 0 Å². The van der Waals surface area contributed by atoms with Gasteiger partial charge in [0.1, 0.15) is 0 Å². The Balaban J connectivity index is 2.12. The summed E-state index contributed by atoms with van der Waals surface area (Å²) in [6.45, 7) is 7.16. The Hall–Kier alpha value is -0.680. The maximum Gasteiger partial charge on any atom is 0.0650 e. The van der Waals surface area contributed by atoms with Crippen LogP contribution in [0.15, 0.2) is 23.8 Å². The molecule has 0 unspecified atom stereocenters. The average Bonchev–Trinajstić information content (AvgIpc) is 2.40. The van der Waals surface area contributed by atoms with Gasteiger partial charge in [-0.2, -0.15) is 0 Å². The highest BCUT2D eigenvalue weighted by molar-refractivity contribution is 5.16. The predicted molar refractivity (Wildman–Crippen MR) is 93.2 cm³/mol. The molecule has 0 aromatic rings. The van der Waals surface area contributed by atoms with E-state index in [1.807, 2.05) is 32.1 Å². The quantitative estimate of drug-likeness (QED) is 0.570. The fraction of sp³-hybridized carbons (Fsp3) is 0.789. The zero-order chi connectivity index (χ0) is 17.3. The highest BCUT2D eigenvalue weighted by Gasteiger charge is 2.20. The minimum absolute atomic E-state index is 0.417. The molecule has 4 heteroatoms. The summed E-state index contributed by atoms with van der Waals surface area (Å²) in [7, 11) is 0. The lowest BCUT2D eigenvalue weighted by molar-refractivity contribution is 0.0608. The van der Waals surface area contributed by atoms with E-state index in [0.717, 1.165) is 31.4 Å². The molecule has 134 valence electrons. The van der Waals surface area contributed by atoms with Gasteiger partial charge in [0.25, 0.3) is 0 Å². The van der Waals surface area contributed by atoms with Gasteiger partial charge < -0.3 is 20.1 Å². The van der Waals surface area contributed by atoms with Crippen LogP contribution in [0.25, 0.3) is 0 Å². The van der Waals surface area contributed by atoms with Gasteiger partial charge >= 0.3 is 0 Å². The first-order valence-electron chi connectivity index (χ1n) is 8.77. The van der Waals surface area contributed by atoms with E-state index in [2.05, 4.69) is 6.92 Å². The first kappa shape index (κ1) is 20.4. The second-order valence-corrected chi connectivity index (χ2v) is 7.55. The lowest BCUT2D eigenvalue weighted by Gasteiger charge is -2.24. The van der Waals surface area contributed by atoms with Gasteiger partial charge in [0.05, 0.1) is 24.4 Å². The Morgan fingerprint density at radius 3 is 2.52 bits per heavy atom. The summed E-state index contributed by atoms with van der Waals surface area (Å²) in [6.07, 6.45) is 9.73. The van der Waals surface area contributed by atoms with Crippen molar-refractivity contribution in [3.05, 3.63) is 23.8 Å². The Kier molecular flexibility index (Phi) is 9.07. The summed E-state index contributed by atoms with van der Waals surface area (Å²) in [4.78, 5) is 0. The molecular weight excluding hydrogens is 292 g/mol. The summed E-state index contributed by atoms with van der Waals surface area (Å²) in [5, 5.41) is 28.9. The molecular formula is C19H34O4. The van der Waals surface area contributed by atoms with E-state index in [1.54, 1.807) is 0 Å². The fourth-order valence-electron chi connectivity index (χ4n) is 2.87. The molecule has 0 saturated heterocycles. The van der Waals surface area contributed by atoms with Gasteiger partial charge in [0.2, 0.25) is 0 Å². The van der Waals surface area contributed by atoms with E-state index in [1.165, 1.54) is 0 Å². The number of hydrogen-bond donors (Lipinski definition) is 3. The lowest BCUT2D eigenvalue weighted by atomic mass is 9.90. The molecule has 0 heterocycles. The van der Waals surface area contributed by atoms with E-state index < -0.39 is 17.8 Å². The van der Waals surface area contributed by atoms with E-state index in [0.29, 0.717) is 31.8 Å². The minimum atomic E-state index is -0.572. The van der Waals surface area contributed by atoms with Crippen molar-refractivity contribution in [2.24, 2.45) is 5.92 Å². The van der Waals surface area contributed by atoms with Gasteiger partial charge in [0.15, 0.2) is 0 Å². The zero-order valence-corrected chi connectivity index (χ0v) is 14.9. The van der Waals surface area contributed by atoms with Gasteiger partial charge in [0, 0.05) is 6.61 Å². The number of allylic oxidation sites excluding steroid dienone is 2. The number of aliphatic hydroxyl groups is 3. The molecule has 3 N–H and O–H groups in total. The smallest absolute Gasteiger partial charge is 0.0650 e. The van der Waals surface area contributed by atoms with Gasteiger partial charge in [-0.05, 0) is 51.9 Å². The molecule has 0 amide bonds. The van der Waals surface area contributed by atoms with Gasteiger partial charge in [-0.3, -0.25) is 0 Å². The van der Waals surface area contributed by atoms with Crippen molar-refractivity contribution in [1.82, 2.24) is 0 Å². The van der Waals surface area contributed by atoms with E-state index in [9.17, 15) is 15.3 Å². The largest absolute Gasteiger partial charge is 0.393 e. The first-order chi connectivity index (χ1) is 10.8. The summed E-state index contributed by atoms with van der Waals surface area (Å²) in [6, 6.07) is 0. The van der Waals surface area contributed by atoms with Crippen LogP contribution in [0.2, 0.25) is 0 Å². The van der Waals surface area contributed by atoms with Crippen molar-refractivity contribution in [3.63, 3.8) is 0 Å². The molecule has 3 atom stereocenters. The second kappa shape index (κ2) is 10.2. The molecule has 1 saturated carbocycles. The molecule has 23 heavy (non-hydrogen) atoms. The van der Waals surface area contributed by atoms with Crippen LogP contribution in [-0.2, 0) is 4.74 Å². The van der Waals surface area contributed by atoms with Crippen molar-refractivity contribution in [2.75, 3.05) is 13.2 Å². The molecule has 1 aliphatic carbocycles. The summed E-state index contributed by atoms with van der Waals surface area (Å²) in [5.41, 5.74) is 0.518. The van der Waals surface area contributed by atoms with Gasteiger partial charge in [-0.1, -0.05) is 37.1 Å². The van der Waals surface area contributed by atoms with Crippen molar-refractivity contribution in [1.29, 1.82) is 0 Å². The van der Waals surface area contributed by atoms with E-state index >= 15 is 0 Å². The Morgan fingerprint density at radius 2 is 1.91 bits per heavy atom. The lowest BCUT2D eigenvalue weighted by Crippen LogP contribution is -2.24. The van der Waals surface area contributed by atoms with Crippen LogP contribution in [0.5, 0.6) is 0 Å². The van der Waals surface area contributed by atoms with Crippen molar-refractivity contribution in [3.8, 4) is 0 Å². The molecule has 0 aromatic carbocycles. The van der Waals surface area contributed by atoms with Crippen LogP contribution in [0.3, 0.4) is 0 Å². The van der Waals surface area contributed by atoms with E-state index in [4.69, 9.17) is 4.74 Å². The summed E-state index contributed by atoms with van der Waals surface area (Å²) < 4.78 is 5.63. The van der Waals surface area contributed by atoms with Crippen molar-refractivity contribution < 1.29 is 20.1 Å². The molecule has 4 nitrogen and oxygen atoms in total. The molecule has 1 fully saturated rings. The summed E-state index contributed by atoms with van der Waals surface area (Å²) in [5.74, 6) is 0.493. The highest BCUT2D eigenvalue weighted by atomic mass is 16.5. The van der Waals surface area contributed by atoms with Crippen LogP contribution in [0.1, 0.15) is 59.3 Å². The highest BCUT2D eigenvalue weighted by Crippen LogP contribution is 2.23. The van der Waals surface area contributed by atoms with Crippen molar-refractivity contribution >= 4 is 0 Å². The Labute approximate surface area is 140 Å². The van der Waals surface area contributed by atoms with Crippen LogP contribution in [0, 0.1) is 5.92 Å². The van der Waals surface area contributed by atoms with E-state index in [-0.39, 0.29) is 0 Å². The minimum Gasteiger partial charge on any atom is -0.393 e. The maximum atomic E-state index is 9.67. The Morgan fingerprint density at radius 1 is 1.26 bits per heavy atom. The van der Waals surface area contributed by atoms with Crippen LogP contribution >= 0.6 is 0 Å². The molecule has 0 aromatic heterocycles. The zero-order valence-electron chi connectivity index (χ0n) is 14.9. The number of aliphatic hydroxyl groups excluding tert-OH is 2. The number of ether oxygens (including phenoxy) is 1. The third kappa shape index (κ3) is 10.7. The number of rotatable bonds is 9. The van der Waals surface area contributed by atoms with Crippen molar-refractivity contribution in [2.45, 2.75) is 77.1 Å². The predicted octanol–water partition coefficient (Wildman–Crippen LogP) is 2.97. The third-order valence-corrected chi connectivity index (χ3v) is 4.11. The third-order valence-electron chi connectivity index (χ3n) is 4.11. The monoisotopic (exact) mass is 326 g/mol. The Bertz CT molecular complexity index is 369. The topological polar surface area (TPSA) is 69.9 Å². The fourth-order valence-corrected chi connectivity index (χ4v) is 2.87.